The average Bonchev–Trinajstić information content (AvgIpc) is 2.39. The number of hydrogen-bond donors (Lipinski definition) is 2. The van der Waals surface area contributed by atoms with Crippen molar-refractivity contribution < 1.29 is 14.7 Å². The minimum Gasteiger partial charge on any atom is -0.478 e. The van der Waals surface area contributed by atoms with Gasteiger partial charge in [0.1, 0.15) is 0 Å². The zero-order chi connectivity index (χ0) is 15.1. The molecule has 0 aliphatic carbocycles. The predicted molar refractivity (Wildman–Crippen MR) is 74.6 cm³/mol. The Bertz CT molecular complexity index is 549. The molecule has 2 N–H and O–H groups in total. The number of rotatable bonds is 5. The first-order chi connectivity index (χ1) is 9.51. The van der Waals surface area contributed by atoms with Gasteiger partial charge in [0, 0.05) is 13.1 Å². The Kier molecular flexibility index (Phi) is 5.54. The van der Waals surface area contributed by atoms with Crippen LogP contribution in [0.15, 0.2) is 18.2 Å². The van der Waals surface area contributed by atoms with Crippen molar-refractivity contribution >= 4 is 17.7 Å². The molecular weight excluding hydrogens is 258 g/mol. The summed E-state index contributed by atoms with van der Waals surface area (Å²) >= 11 is 0. The Morgan fingerprint density at radius 3 is 2.70 bits per heavy atom. The van der Waals surface area contributed by atoms with E-state index >= 15 is 0 Å². The van der Waals surface area contributed by atoms with Gasteiger partial charge in [-0.2, -0.15) is 5.26 Å². The molecule has 0 saturated heterocycles. The van der Waals surface area contributed by atoms with Gasteiger partial charge in [0.15, 0.2) is 0 Å². The first-order valence-corrected chi connectivity index (χ1v) is 6.27. The zero-order valence-corrected chi connectivity index (χ0v) is 11.5. The van der Waals surface area contributed by atoms with Gasteiger partial charge in [0.2, 0.25) is 0 Å². The molecule has 6 heteroatoms. The molecule has 0 aliphatic heterocycles. The number of carboxylic acids is 1. The summed E-state index contributed by atoms with van der Waals surface area (Å²) in [6, 6.07) is 6.47. The van der Waals surface area contributed by atoms with Crippen LogP contribution in [0.5, 0.6) is 0 Å². The third-order valence-electron chi connectivity index (χ3n) is 2.89. The number of urea groups is 1. The zero-order valence-electron chi connectivity index (χ0n) is 11.5. The van der Waals surface area contributed by atoms with Crippen LogP contribution < -0.4 is 5.32 Å². The maximum absolute atomic E-state index is 12.0. The van der Waals surface area contributed by atoms with E-state index in [4.69, 9.17) is 5.26 Å². The van der Waals surface area contributed by atoms with Crippen molar-refractivity contribution in [3.8, 4) is 6.07 Å². The number of amides is 2. The third-order valence-corrected chi connectivity index (χ3v) is 2.89. The molecule has 0 heterocycles. The number of carbonyl (C=O) groups is 2. The molecule has 0 atom stereocenters. The van der Waals surface area contributed by atoms with Crippen molar-refractivity contribution in [2.45, 2.75) is 20.3 Å². The highest BCUT2D eigenvalue weighted by molar-refractivity contribution is 6.01. The van der Waals surface area contributed by atoms with E-state index in [1.807, 2.05) is 6.07 Å². The second-order valence-corrected chi connectivity index (χ2v) is 4.22. The SMILES string of the molecule is CCN(CCC#N)C(=O)Nc1cccc(C)c1C(=O)O. The molecule has 106 valence electrons. The Hall–Kier alpha value is -2.55. The topological polar surface area (TPSA) is 93.4 Å². The van der Waals surface area contributed by atoms with Gasteiger partial charge in [0.25, 0.3) is 0 Å². The lowest BCUT2D eigenvalue weighted by Crippen LogP contribution is -2.35. The van der Waals surface area contributed by atoms with Gasteiger partial charge in [-0.15, -0.1) is 0 Å². The fraction of sp³-hybridized carbons (Fsp3) is 0.357. The summed E-state index contributed by atoms with van der Waals surface area (Å²) in [6.45, 7) is 4.23. The van der Waals surface area contributed by atoms with E-state index in [0.717, 1.165) is 0 Å². The van der Waals surface area contributed by atoms with Crippen molar-refractivity contribution in [3.63, 3.8) is 0 Å². The molecule has 1 aromatic rings. The second-order valence-electron chi connectivity index (χ2n) is 4.22. The number of nitriles is 1. The number of nitrogens with zero attached hydrogens (tertiary/aromatic N) is 2. The monoisotopic (exact) mass is 275 g/mol. The Balaban J connectivity index is 2.93. The molecule has 0 saturated carbocycles. The summed E-state index contributed by atoms with van der Waals surface area (Å²) in [6.07, 6.45) is 0.237. The molecule has 1 rings (SSSR count). The summed E-state index contributed by atoms with van der Waals surface area (Å²) in [5.41, 5.74) is 0.922. The van der Waals surface area contributed by atoms with E-state index < -0.39 is 12.0 Å². The third kappa shape index (κ3) is 3.72. The minimum atomic E-state index is -1.08. The number of aromatic carboxylic acids is 1. The summed E-state index contributed by atoms with van der Waals surface area (Å²) < 4.78 is 0. The van der Waals surface area contributed by atoms with Crippen LogP contribution in [0.3, 0.4) is 0 Å². The standard InChI is InChI=1S/C14H17N3O3/c1-3-17(9-5-8-15)14(20)16-11-7-4-6-10(2)12(11)13(18)19/h4,6-7H,3,5,9H2,1-2H3,(H,16,20)(H,18,19). The largest absolute Gasteiger partial charge is 0.478 e. The number of hydrogen-bond acceptors (Lipinski definition) is 3. The van der Waals surface area contributed by atoms with E-state index in [1.165, 1.54) is 4.90 Å². The van der Waals surface area contributed by atoms with Crippen LogP contribution in [0.2, 0.25) is 0 Å². The highest BCUT2D eigenvalue weighted by Crippen LogP contribution is 2.20. The van der Waals surface area contributed by atoms with Gasteiger partial charge in [0.05, 0.1) is 23.7 Å². The fourth-order valence-corrected chi connectivity index (χ4v) is 1.84. The normalized spacial score (nSPS) is 9.65. The number of nitrogens with one attached hydrogen (secondary N) is 1. The second kappa shape index (κ2) is 7.14. The van der Waals surface area contributed by atoms with Crippen molar-refractivity contribution in [3.05, 3.63) is 29.3 Å². The Morgan fingerprint density at radius 1 is 1.45 bits per heavy atom. The maximum Gasteiger partial charge on any atom is 0.338 e. The number of aryl methyl sites for hydroxylation is 1. The molecule has 0 unspecified atom stereocenters. The van der Waals surface area contributed by atoms with Gasteiger partial charge in [-0.3, -0.25) is 0 Å². The predicted octanol–water partition coefficient (Wildman–Crippen LogP) is 2.46. The van der Waals surface area contributed by atoms with Crippen LogP contribution in [0.1, 0.15) is 29.3 Å². The van der Waals surface area contributed by atoms with Gasteiger partial charge in [-0.1, -0.05) is 12.1 Å². The van der Waals surface area contributed by atoms with E-state index in [0.29, 0.717) is 18.7 Å². The van der Waals surface area contributed by atoms with Crippen LogP contribution in [0.4, 0.5) is 10.5 Å². The van der Waals surface area contributed by atoms with Crippen LogP contribution in [0, 0.1) is 18.3 Å². The molecule has 6 nitrogen and oxygen atoms in total. The molecule has 0 bridgehead atoms. The highest BCUT2D eigenvalue weighted by Gasteiger charge is 2.17. The van der Waals surface area contributed by atoms with E-state index in [9.17, 15) is 14.7 Å². The van der Waals surface area contributed by atoms with Crippen molar-refractivity contribution in [2.24, 2.45) is 0 Å². The number of anilines is 1. The molecule has 20 heavy (non-hydrogen) atoms. The number of carbonyl (C=O) groups excluding carboxylic acids is 1. The molecule has 0 radical (unpaired) electrons. The van der Waals surface area contributed by atoms with Crippen LogP contribution in [-0.4, -0.2) is 35.1 Å². The average molecular weight is 275 g/mol. The van der Waals surface area contributed by atoms with E-state index in [-0.39, 0.29) is 17.7 Å². The smallest absolute Gasteiger partial charge is 0.338 e. The highest BCUT2D eigenvalue weighted by atomic mass is 16.4. The van der Waals surface area contributed by atoms with E-state index in [1.54, 1.807) is 32.0 Å². The van der Waals surface area contributed by atoms with Crippen LogP contribution in [-0.2, 0) is 0 Å². The molecule has 0 spiro atoms. The van der Waals surface area contributed by atoms with Gasteiger partial charge in [-0.05, 0) is 25.5 Å². The van der Waals surface area contributed by atoms with Crippen molar-refractivity contribution in [1.82, 2.24) is 4.90 Å². The lowest BCUT2D eigenvalue weighted by molar-refractivity contribution is 0.0697. The minimum absolute atomic E-state index is 0.0807. The maximum atomic E-state index is 12.0. The molecule has 1 aromatic carbocycles. The number of benzene rings is 1. The van der Waals surface area contributed by atoms with Gasteiger partial charge in [-0.25, -0.2) is 9.59 Å². The summed E-state index contributed by atoms with van der Waals surface area (Å²) in [7, 11) is 0. The molecule has 0 fully saturated rings. The molecular formula is C14H17N3O3. The number of carboxylic acid groups (broad SMARTS) is 1. The van der Waals surface area contributed by atoms with Crippen LogP contribution >= 0.6 is 0 Å². The Labute approximate surface area is 117 Å². The summed E-state index contributed by atoms with van der Waals surface area (Å²) in [5, 5.41) is 20.3. The molecule has 0 aromatic heterocycles. The lowest BCUT2D eigenvalue weighted by atomic mass is 10.1. The first-order valence-electron chi connectivity index (χ1n) is 6.27. The quantitative estimate of drug-likeness (QED) is 0.863. The van der Waals surface area contributed by atoms with Crippen molar-refractivity contribution in [1.29, 1.82) is 5.26 Å². The molecule has 2 amide bonds. The first kappa shape index (κ1) is 15.5. The van der Waals surface area contributed by atoms with Gasteiger partial charge < -0.3 is 15.3 Å². The van der Waals surface area contributed by atoms with Crippen molar-refractivity contribution in [2.75, 3.05) is 18.4 Å². The summed E-state index contributed by atoms with van der Waals surface area (Å²) in [5.74, 6) is -1.08. The van der Waals surface area contributed by atoms with E-state index in [2.05, 4.69) is 5.32 Å². The molecule has 0 aliphatic rings. The van der Waals surface area contributed by atoms with Gasteiger partial charge >= 0.3 is 12.0 Å². The fourth-order valence-electron chi connectivity index (χ4n) is 1.84. The Morgan fingerprint density at radius 2 is 2.15 bits per heavy atom. The lowest BCUT2D eigenvalue weighted by Gasteiger charge is -2.21. The summed E-state index contributed by atoms with van der Waals surface area (Å²) in [4.78, 5) is 24.7. The van der Waals surface area contributed by atoms with Crippen LogP contribution in [0.25, 0.3) is 0 Å².